The second-order valence-electron chi connectivity index (χ2n) is 10.1. The molecule has 1 aromatic heterocycles. The third-order valence-corrected chi connectivity index (χ3v) is 8.30. The van der Waals surface area contributed by atoms with E-state index in [1.165, 1.54) is 12.1 Å². The summed E-state index contributed by atoms with van der Waals surface area (Å²) in [4.78, 5) is 13.4. The van der Waals surface area contributed by atoms with Crippen LogP contribution in [0.4, 0.5) is 22.0 Å². The predicted octanol–water partition coefficient (Wildman–Crippen LogP) is 7.30. The summed E-state index contributed by atoms with van der Waals surface area (Å²) < 4.78 is 70.0. The maximum Gasteiger partial charge on any atom is 0.433 e. The van der Waals surface area contributed by atoms with E-state index in [0.29, 0.717) is 36.8 Å². The third-order valence-electron chi connectivity index (χ3n) is 7.13. The average Bonchev–Trinajstić information content (AvgIpc) is 3.36. The van der Waals surface area contributed by atoms with Gasteiger partial charge in [0.15, 0.2) is 0 Å². The molecule has 3 atom stereocenters. The Bertz CT molecular complexity index is 1350. The lowest BCUT2D eigenvalue weighted by Crippen LogP contribution is -2.41. The minimum Gasteiger partial charge on any atom is -0.324 e. The second kappa shape index (κ2) is 10.9. The smallest absolute Gasteiger partial charge is 0.324 e. The molecule has 0 saturated heterocycles. The van der Waals surface area contributed by atoms with Crippen LogP contribution < -0.4 is 10.6 Å². The minimum atomic E-state index is -4.60. The highest BCUT2D eigenvalue weighted by molar-refractivity contribution is 9.11. The van der Waals surface area contributed by atoms with Gasteiger partial charge in [0.05, 0.1) is 23.5 Å². The quantitative estimate of drug-likeness (QED) is 0.335. The minimum absolute atomic E-state index is 0.104. The van der Waals surface area contributed by atoms with Crippen LogP contribution in [0.2, 0.25) is 0 Å². The number of rotatable bonds is 4. The molecule has 2 aliphatic carbocycles. The molecule has 0 radical (unpaired) electrons. The molecule has 0 bridgehead atoms. The van der Waals surface area contributed by atoms with Gasteiger partial charge in [0.2, 0.25) is 11.9 Å². The lowest BCUT2D eigenvalue weighted by Gasteiger charge is -2.17. The largest absolute Gasteiger partial charge is 0.433 e. The van der Waals surface area contributed by atoms with Crippen LogP contribution in [0.15, 0.2) is 55.3 Å². The Balaban J connectivity index is 1.52. The van der Waals surface area contributed by atoms with Crippen molar-refractivity contribution in [3.05, 3.63) is 67.9 Å². The summed E-state index contributed by atoms with van der Waals surface area (Å²) >= 11 is 7.13. The fraction of sp³-hybridized carbons (Fsp3) is 0.444. The van der Waals surface area contributed by atoms with Crippen molar-refractivity contribution in [1.29, 1.82) is 0 Å². The number of hydrogen-bond acceptors (Lipinski definition) is 3. The Hall–Kier alpha value is -2.34. The van der Waals surface area contributed by atoms with Gasteiger partial charge in [-0.15, -0.1) is 0 Å². The highest BCUT2D eigenvalue weighted by atomic mass is 79.9. The zero-order valence-electron chi connectivity index (χ0n) is 20.9. The van der Waals surface area contributed by atoms with E-state index in [0.717, 1.165) is 26.1 Å². The van der Waals surface area contributed by atoms with Crippen molar-refractivity contribution >= 4 is 49.4 Å². The van der Waals surface area contributed by atoms with E-state index in [2.05, 4.69) is 52.5 Å². The van der Waals surface area contributed by atoms with E-state index < -0.39 is 23.8 Å². The lowest BCUT2D eigenvalue weighted by atomic mass is 10.0. The van der Waals surface area contributed by atoms with E-state index in [1.807, 2.05) is 19.1 Å². The number of nitrogens with one attached hydrogen (secondary N) is 2. The van der Waals surface area contributed by atoms with Gasteiger partial charge in [-0.05, 0) is 67.2 Å². The van der Waals surface area contributed by atoms with Crippen molar-refractivity contribution in [1.82, 2.24) is 15.6 Å². The van der Waals surface area contributed by atoms with E-state index in [9.17, 15) is 22.0 Å². The van der Waals surface area contributed by atoms with Crippen LogP contribution in [0.3, 0.4) is 0 Å². The number of nitrogens with zero attached hydrogens (tertiary/aromatic N) is 3. The molecule has 1 aliphatic heterocycles. The summed E-state index contributed by atoms with van der Waals surface area (Å²) in [5.41, 5.74) is 1.73. The first-order valence-corrected chi connectivity index (χ1v) is 14.3. The SMILES string of the molecule is CCC1C=C(c2cccc(C(F)(F)F)n2)NC(=NC2Cc3cc(Br)cc(Br)c3C2)NC1=NC1CCC(F)(F)C1. The topological polar surface area (TPSA) is 61.7 Å². The number of halogens is 7. The van der Waals surface area contributed by atoms with Gasteiger partial charge in [-0.25, -0.2) is 18.8 Å². The van der Waals surface area contributed by atoms with Crippen molar-refractivity contribution in [2.24, 2.45) is 15.9 Å². The standard InChI is InChI=1S/C27H26Br2F5N5/c1-2-14-10-22(21-4-3-5-23(37-21)27(32,33)34)38-25(39-24(14)35-17-6-7-26(30,31)13-17)36-18-9-15-8-16(28)11-20(29)19(15)12-18/h3-5,8,10-11,14,17-18H,2,6-7,9,12-13H2,1H3,(H2,35,36,38,39). The van der Waals surface area contributed by atoms with Crippen LogP contribution in [-0.4, -0.2) is 34.8 Å². The van der Waals surface area contributed by atoms with Gasteiger partial charge in [0.25, 0.3) is 0 Å². The number of guanidine groups is 1. The highest BCUT2D eigenvalue weighted by Crippen LogP contribution is 2.37. The van der Waals surface area contributed by atoms with Crippen LogP contribution in [0.25, 0.3) is 5.70 Å². The predicted molar refractivity (Wildman–Crippen MR) is 148 cm³/mol. The van der Waals surface area contributed by atoms with Crippen molar-refractivity contribution < 1.29 is 22.0 Å². The van der Waals surface area contributed by atoms with Gasteiger partial charge in [0, 0.05) is 27.7 Å². The number of hydrogen-bond donors (Lipinski definition) is 2. The molecule has 39 heavy (non-hydrogen) atoms. The van der Waals surface area contributed by atoms with Crippen LogP contribution in [0.1, 0.15) is 55.1 Å². The number of benzene rings is 1. The maximum absolute atomic E-state index is 13.9. The number of pyridine rings is 1. The molecular formula is C27H26Br2F5N5. The van der Waals surface area contributed by atoms with Gasteiger partial charge < -0.3 is 10.6 Å². The molecule has 2 heterocycles. The Morgan fingerprint density at radius 2 is 1.87 bits per heavy atom. The van der Waals surface area contributed by atoms with Crippen molar-refractivity contribution in [2.75, 3.05) is 0 Å². The van der Waals surface area contributed by atoms with Crippen LogP contribution in [0.5, 0.6) is 0 Å². The molecule has 12 heteroatoms. The molecule has 1 fully saturated rings. The molecule has 1 aromatic carbocycles. The van der Waals surface area contributed by atoms with Crippen molar-refractivity contribution in [2.45, 2.75) is 69.6 Å². The van der Waals surface area contributed by atoms with Gasteiger partial charge in [-0.2, -0.15) is 13.2 Å². The number of aromatic nitrogens is 1. The summed E-state index contributed by atoms with van der Waals surface area (Å²) in [5.74, 6) is -2.35. The molecule has 3 unspecified atom stereocenters. The van der Waals surface area contributed by atoms with E-state index in [-0.39, 0.29) is 36.9 Å². The fourth-order valence-corrected chi connectivity index (χ4v) is 6.70. The lowest BCUT2D eigenvalue weighted by molar-refractivity contribution is -0.141. The van der Waals surface area contributed by atoms with Gasteiger partial charge in [-0.1, -0.05) is 44.8 Å². The molecule has 5 nitrogen and oxygen atoms in total. The average molecular weight is 675 g/mol. The molecule has 3 aliphatic rings. The number of amidine groups is 1. The molecule has 2 aromatic rings. The van der Waals surface area contributed by atoms with E-state index in [1.54, 1.807) is 6.08 Å². The molecule has 2 N–H and O–H groups in total. The molecule has 208 valence electrons. The Morgan fingerprint density at radius 1 is 1.08 bits per heavy atom. The number of fused-ring (bicyclic) bond motifs is 1. The molecule has 5 rings (SSSR count). The summed E-state index contributed by atoms with van der Waals surface area (Å²) in [7, 11) is 0. The van der Waals surface area contributed by atoms with Gasteiger partial charge in [-0.3, -0.25) is 4.99 Å². The summed E-state index contributed by atoms with van der Waals surface area (Å²) in [6.07, 6.45) is -1.26. The molecule has 0 spiro atoms. The van der Waals surface area contributed by atoms with Crippen molar-refractivity contribution in [3.8, 4) is 0 Å². The Labute approximate surface area is 239 Å². The van der Waals surface area contributed by atoms with Gasteiger partial charge >= 0.3 is 6.18 Å². The van der Waals surface area contributed by atoms with E-state index in [4.69, 9.17) is 4.99 Å². The fourth-order valence-electron chi connectivity index (χ4n) is 5.23. The third kappa shape index (κ3) is 6.53. The molecular weight excluding hydrogens is 649 g/mol. The molecule has 1 saturated carbocycles. The summed E-state index contributed by atoms with van der Waals surface area (Å²) in [6.45, 7) is 1.91. The number of alkyl halides is 5. The first-order chi connectivity index (χ1) is 18.4. The van der Waals surface area contributed by atoms with Gasteiger partial charge in [0.1, 0.15) is 11.5 Å². The Kier molecular flexibility index (Phi) is 7.89. The van der Waals surface area contributed by atoms with E-state index >= 15 is 0 Å². The van der Waals surface area contributed by atoms with Crippen LogP contribution in [-0.2, 0) is 19.0 Å². The first-order valence-electron chi connectivity index (χ1n) is 12.7. The zero-order chi connectivity index (χ0) is 27.9. The first kappa shape index (κ1) is 28.2. The highest BCUT2D eigenvalue weighted by Gasteiger charge is 2.40. The van der Waals surface area contributed by atoms with Crippen molar-refractivity contribution in [3.63, 3.8) is 0 Å². The summed E-state index contributed by atoms with van der Waals surface area (Å²) in [6, 6.07) is 7.05. The monoisotopic (exact) mass is 673 g/mol. The van der Waals surface area contributed by atoms with Crippen LogP contribution >= 0.6 is 31.9 Å². The van der Waals surface area contributed by atoms with Crippen LogP contribution in [0, 0.1) is 5.92 Å². The second-order valence-corrected chi connectivity index (χ2v) is 11.9. The maximum atomic E-state index is 13.9. The number of aliphatic imine (C=N–C) groups is 2. The Morgan fingerprint density at radius 3 is 2.56 bits per heavy atom. The molecule has 0 amide bonds. The summed E-state index contributed by atoms with van der Waals surface area (Å²) in [5, 5.41) is 6.36. The zero-order valence-corrected chi connectivity index (χ0v) is 24.1. The normalized spacial score (nSPS) is 26.7.